The first-order valence-corrected chi connectivity index (χ1v) is 4.74. The Kier molecular flexibility index (Phi) is 2.13. The molecule has 2 heteroatoms. The molecule has 1 aliphatic carbocycles. The summed E-state index contributed by atoms with van der Waals surface area (Å²) in [7, 11) is 0. The second-order valence-electron chi connectivity index (χ2n) is 3.86. The van der Waals surface area contributed by atoms with Crippen LogP contribution in [0.2, 0.25) is 0 Å². The summed E-state index contributed by atoms with van der Waals surface area (Å²) in [5.41, 5.74) is 6.39. The van der Waals surface area contributed by atoms with Crippen LogP contribution in [0.5, 0.6) is 5.75 Å². The molecule has 2 N–H and O–H groups in total. The molecule has 0 radical (unpaired) electrons. The van der Waals surface area contributed by atoms with Crippen molar-refractivity contribution in [2.45, 2.75) is 13.3 Å². The van der Waals surface area contributed by atoms with E-state index in [4.69, 9.17) is 10.5 Å². The van der Waals surface area contributed by atoms with E-state index in [-0.39, 0.29) is 0 Å². The molecule has 2 atom stereocenters. The maximum absolute atomic E-state index is 5.63. The minimum absolute atomic E-state index is 0.765. The van der Waals surface area contributed by atoms with Gasteiger partial charge in [0.2, 0.25) is 0 Å². The second kappa shape index (κ2) is 3.29. The van der Waals surface area contributed by atoms with Crippen molar-refractivity contribution in [1.29, 1.82) is 0 Å². The van der Waals surface area contributed by atoms with E-state index in [0.717, 1.165) is 29.9 Å². The number of ether oxygens (including phenoxy) is 1. The molecule has 1 fully saturated rings. The lowest BCUT2D eigenvalue weighted by molar-refractivity contribution is 0.293. The highest BCUT2D eigenvalue weighted by Crippen LogP contribution is 2.37. The summed E-state index contributed by atoms with van der Waals surface area (Å²) in [5, 5.41) is 0. The molecule has 1 saturated carbocycles. The average Bonchev–Trinajstić information content (AvgIpc) is 2.79. The third-order valence-corrected chi connectivity index (χ3v) is 2.60. The number of rotatable bonds is 3. The summed E-state index contributed by atoms with van der Waals surface area (Å²) in [6.07, 6.45) is 1.31. The summed E-state index contributed by atoms with van der Waals surface area (Å²) in [4.78, 5) is 0. The Bertz CT molecular complexity index is 298. The van der Waals surface area contributed by atoms with Crippen LogP contribution >= 0.6 is 0 Å². The van der Waals surface area contributed by atoms with Crippen LogP contribution in [0.3, 0.4) is 0 Å². The maximum atomic E-state index is 5.63. The highest BCUT2D eigenvalue weighted by Gasteiger charge is 2.32. The number of benzene rings is 1. The quantitative estimate of drug-likeness (QED) is 0.719. The average molecular weight is 177 g/mol. The van der Waals surface area contributed by atoms with Crippen molar-refractivity contribution in [3.63, 3.8) is 0 Å². The molecule has 70 valence electrons. The smallest absolute Gasteiger partial charge is 0.121 e. The highest BCUT2D eigenvalue weighted by molar-refractivity contribution is 5.43. The molecule has 2 nitrogen and oxygen atoms in total. The molecule has 0 amide bonds. The molecular formula is C11H15NO. The minimum Gasteiger partial charge on any atom is -0.493 e. The van der Waals surface area contributed by atoms with Gasteiger partial charge in [-0.1, -0.05) is 13.0 Å². The van der Waals surface area contributed by atoms with Gasteiger partial charge in [0.25, 0.3) is 0 Å². The second-order valence-corrected chi connectivity index (χ2v) is 3.86. The van der Waals surface area contributed by atoms with Crippen molar-refractivity contribution in [2.24, 2.45) is 11.8 Å². The van der Waals surface area contributed by atoms with Gasteiger partial charge in [-0.3, -0.25) is 0 Å². The van der Waals surface area contributed by atoms with E-state index in [1.807, 2.05) is 24.3 Å². The van der Waals surface area contributed by atoms with Gasteiger partial charge >= 0.3 is 0 Å². The predicted octanol–water partition coefficient (Wildman–Crippen LogP) is 2.30. The van der Waals surface area contributed by atoms with Gasteiger partial charge in [0.05, 0.1) is 6.61 Å². The molecule has 13 heavy (non-hydrogen) atoms. The van der Waals surface area contributed by atoms with Gasteiger partial charge < -0.3 is 10.5 Å². The number of nitrogen functional groups attached to an aromatic ring is 1. The van der Waals surface area contributed by atoms with Crippen molar-refractivity contribution in [3.05, 3.63) is 24.3 Å². The molecule has 0 aliphatic heterocycles. The lowest BCUT2D eigenvalue weighted by Gasteiger charge is -2.05. The molecule has 0 saturated heterocycles. The number of anilines is 1. The van der Waals surface area contributed by atoms with Gasteiger partial charge in [0.15, 0.2) is 0 Å². The van der Waals surface area contributed by atoms with Crippen molar-refractivity contribution >= 4 is 5.69 Å². The molecule has 0 bridgehead atoms. The van der Waals surface area contributed by atoms with Gasteiger partial charge in [-0.15, -0.1) is 0 Å². The zero-order valence-electron chi connectivity index (χ0n) is 7.86. The molecule has 0 aromatic heterocycles. The van der Waals surface area contributed by atoms with Crippen LogP contribution in [0, 0.1) is 11.8 Å². The first-order valence-electron chi connectivity index (χ1n) is 4.74. The third-order valence-electron chi connectivity index (χ3n) is 2.60. The summed E-state index contributed by atoms with van der Waals surface area (Å²) < 4.78 is 5.60. The number of nitrogens with two attached hydrogens (primary N) is 1. The fraction of sp³-hybridized carbons (Fsp3) is 0.455. The van der Waals surface area contributed by atoms with E-state index < -0.39 is 0 Å². The Morgan fingerprint density at radius 1 is 1.54 bits per heavy atom. The molecular weight excluding hydrogens is 162 g/mol. The summed E-state index contributed by atoms with van der Waals surface area (Å²) in [5.74, 6) is 2.50. The maximum Gasteiger partial charge on any atom is 0.121 e. The number of hydrogen-bond donors (Lipinski definition) is 1. The first-order chi connectivity index (χ1) is 6.25. The summed E-state index contributed by atoms with van der Waals surface area (Å²) >= 11 is 0. The Hall–Kier alpha value is -1.18. The molecule has 1 aromatic rings. The van der Waals surface area contributed by atoms with Gasteiger partial charge in [-0.05, 0) is 30.4 Å². The summed E-state index contributed by atoms with van der Waals surface area (Å²) in [6.45, 7) is 3.10. The van der Waals surface area contributed by atoms with E-state index in [9.17, 15) is 0 Å². The molecule has 1 aromatic carbocycles. The normalized spacial score (nSPS) is 25.6. The van der Waals surface area contributed by atoms with Crippen LogP contribution < -0.4 is 10.5 Å². The summed E-state index contributed by atoms with van der Waals surface area (Å²) in [6, 6.07) is 7.60. The van der Waals surface area contributed by atoms with Crippen molar-refractivity contribution in [3.8, 4) is 5.75 Å². The van der Waals surface area contributed by atoms with Crippen LogP contribution in [-0.4, -0.2) is 6.61 Å². The fourth-order valence-electron chi connectivity index (χ4n) is 1.44. The van der Waals surface area contributed by atoms with Crippen LogP contribution in [0.1, 0.15) is 13.3 Å². The number of hydrogen-bond acceptors (Lipinski definition) is 2. The minimum atomic E-state index is 0.765. The Morgan fingerprint density at radius 2 is 2.31 bits per heavy atom. The van der Waals surface area contributed by atoms with Crippen LogP contribution in [-0.2, 0) is 0 Å². The van der Waals surface area contributed by atoms with Crippen molar-refractivity contribution in [2.75, 3.05) is 12.3 Å². The van der Waals surface area contributed by atoms with Crippen LogP contribution in [0.25, 0.3) is 0 Å². The van der Waals surface area contributed by atoms with E-state index in [2.05, 4.69) is 6.92 Å². The SMILES string of the molecule is C[C@@H]1C[C@H]1COc1cccc(N)c1. The lowest BCUT2D eigenvalue weighted by atomic mass is 10.3. The molecule has 0 heterocycles. The Labute approximate surface area is 78.7 Å². The molecule has 1 aliphatic rings. The largest absolute Gasteiger partial charge is 0.493 e. The zero-order valence-corrected chi connectivity index (χ0v) is 7.86. The van der Waals surface area contributed by atoms with Gasteiger partial charge in [-0.25, -0.2) is 0 Å². The predicted molar refractivity (Wildman–Crippen MR) is 53.6 cm³/mol. The van der Waals surface area contributed by atoms with Crippen LogP contribution in [0.15, 0.2) is 24.3 Å². The van der Waals surface area contributed by atoms with E-state index in [0.29, 0.717) is 0 Å². The van der Waals surface area contributed by atoms with Crippen molar-refractivity contribution < 1.29 is 4.74 Å². The monoisotopic (exact) mass is 177 g/mol. The standard InChI is InChI=1S/C11H15NO/c1-8-5-9(8)7-13-11-4-2-3-10(12)6-11/h2-4,6,8-9H,5,7,12H2,1H3/t8-,9+/m1/s1. The fourth-order valence-corrected chi connectivity index (χ4v) is 1.44. The van der Waals surface area contributed by atoms with Gasteiger partial charge in [0, 0.05) is 11.8 Å². The topological polar surface area (TPSA) is 35.2 Å². The van der Waals surface area contributed by atoms with E-state index >= 15 is 0 Å². The lowest BCUT2D eigenvalue weighted by Crippen LogP contribution is -2.00. The van der Waals surface area contributed by atoms with Gasteiger partial charge in [-0.2, -0.15) is 0 Å². The molecule has 0 unspecified atom stereocenters. The first kappa shape index (κ1) is 8.42. The van der Waals surface area contributed by atoms with E-state index in [1.54, 1.807) is 0 Å². The molecule has 0 spiro atoms. The highest BCUT2D eigenvalue weighted by atomic mass is 16.5. The third kappa shape index (κ3) is 2.14. The van der Waals surface area contributed by atoms with E-state index in [1.165, 1.54) is 6.42 Å². The van der Waals surface area contributed by atoms with Gasteiger partial charge in [0.1, 0.15) is 5.75 Å². The molecule has 2 rings (SSSR count). The van der Waals surface area contributed by atoms with Crippen molar-refractivity contribution in [1.82, 2.24) is 0 Å². The zero-order chi connectivity index (χ0) is 9.26. The Balaban J connectivity index is 1.87. The Morgan fingerprint density at radius 3 is 2.92 bits per heavy atom. The van der Waals surface area contributed by atoms with Crippen LogP contribution in [0.4, 0.5) is 5.69 Å².